The molecule has 0 aliphatic heterocycles. The topological polar surface area (TPSA) is 50.1 Å². The van der Waals surface area contributed by atoms with E-state index in [1.807, 2.05) is 6.07 Å². The number of esters is 1. The van der Waals surface area contributed by atoms with Crippen LogP contribution in [-0.4, -0.2) is 12.6 Å². The van der Waals surface area contributed by atoms with E-state index in [4.69, 9.17) is 33.2 Å². The number of rotatable bonds is 4. The molecule has 0 unspecified atom stereocenters. The Morgan fingerprint density at radius 3 is 2.71 bits per heavy atom. The lowest BCUT2D eigenvalue weighted by molar-refractivity contribution is -0.142. The number of nitriles is 1. The van der Waals surface area contributed by atoms with Gasteiger partial charge in [0.25, 0.3) is 0 Å². The third-order valence-electron chi connectivity index (χ3n) is 2.19. The van der Waals surface area contributed by atoms with Gasteiger partial charge >= 0.3 is 5.97 Å². The molecule has 17 heavy (non-hydrogen) atoms. The highest BCUT2D eigenvalue weighted by atomic mass is 35.5. The molecule has 0 aliphatic rings. The Kier molecular flexibility index (Phi) is 5.27. The fourth-order valence-electron chi connectivity index (χ4n) is 1.40. The van der Waals surface area contributed by atoms with Crippen LogP contribution < -0.4 is 0 Å². The predicted molar refractivity (Wildman–Crippen MR) is 66.1 cm³/mol. The molecule has 0 bridgehead atoms. The molecule has 0 aromatic heterocycles. The van der Waals surface area contributed by atoms with E-state index in [1.165, 1.54) is 0 Å². The van der Waals surface area contributed by atoms with Crippen LogP contribution in [0.5, 0.6) is 0 Å². The van der Waals surface area contributed by atoms with Gasteiger partial charge in [0.15, 0.2) is 0 Å². The number of alkyl halides is 1. The second-order valence-electron chi connectivity index (χ2n) is 3.33. The molecule has 0 fully saturated rings. The number of benzene rings is 1. The minimum atomic E-state index is -0.334. The number of hydrogen-bond acceptors (Lipinski definition) is 3. The number of carbonyl (C=O) groups excluding carboxylic acids is 1. The van der Waals surface area contributed by atoms with Crippen LogP contribution in [-0.2, 0) is 21.8 Å². The van der Waals surface area contributed by atoms with Crippen LogP contribution >= 0.6 is 23.2 Å². The van der Waals surface area contributed by atoms with Gasteiger partial charge in [-0.1, -0.05) is 11.6 Å². The van der Waals surface area contributed by atoms with Crippen LogP contribution in [0.25, 0.3) is 0 Å². The number of ether oxygens (including phenoxy) is 1. The smallest absolute Gasteiger partial charge is 0.310 e. The molecule has 1 aromatic rings. The van der Waals surface area contributed by atoms with E-state index < -0.39 is 0 Å². The quantitative estimate of drug-likeness (QED) is 0.625. The summed E-state index contributed by atoms with van der Waals surface area (Å²) in [6.45, 7) is 2.07. The molecule has 0 radical (unpaired) electrons. The average Bonchev–Trinajstić information content (AvgIpc) is 2.29. The molecule has 0 amide bonds. The van der Waals surface area contributed by atoms with Crippen LogP contribution in [0.4, 0.5) is 0 Å². The summed E-state index contributed by atoms with van der Waals surface area (Å²) in [5, 5.41) is 9.15. The maximum Gasteiger partial charge on any atom is 0.310 e. The molecular weight excluding hydrogens is 261 g/mol. The predicted octanol–water partition coefficient (Wildman–Crippen LogP) is 3.06. The van der Waals surface area contributed by atoms with Crippen molar-refractivity contribution >= 4 is 29.2 Å². The fourth-order valence-corrected chi connectivity index (χ4v) is 1.88. The second-order valence-corrected chi connectivity index (χ2v) is 4.00. The molecule has 0 saturated heterocycles. The standard InChI is InChI=1S/C12H11Cl2NO2/c1-2-17-12(16)5-8-4-11(14)10(7-15)3-9(8)6-13/h3-4H,2,5-6H2,1H3. The van der Waals surface area contributed by atoms with E-state index in [9.17, 15) is 4.79 Å². The maximum absolute atomic E-state index is 11.4. The van der Waals surface area contributed by atoms with Gasteiger partial charge in [0.2, 0.25) is 0 Å². The van der Waals surface area contributed by atoms with Crippen LogP contribution in [0.2, 0.25) is 5.02 Å². The van der Waals surface area contributed by atoms with Crippen LogP contribution in [0.3, 0.4) is 0 Å². The van der Waals surface area contributed by atoms with Crippen molar-refractivity contribution in [2.75, 3.05) is 6.61 Å². The summed E-state index contributed by atoms with van der Waals surface area (Å²) in [6.07, 6.45) is 0.112. The van der Waals surface area contributed by atoms with Crippen molar-refractivity contribution in [3.63, 3.8) is 0 Å². The Balaban J connectivity index is 3.03. The molecule has 0 heterocycles. The van der Waals surface area contributed by atoms with E-state index in [0.29, 0.717) is 22.8 Å². The molecule has 0 saturated carbocycles. The largest absolute Gasteiger partial charge is 0.466 e. The summed E-state index contributed by atoms with van der Waals surface area (Å²) in [4.78, 5) is 11.4. The molecule has 1 rings (SSSR count). The summed E-state index contributed by atoms with van der Waals surface area (Å²) in [6, 6.07) is 5.16. The molecule has 0 N–H and O–H groups in total. The number of nitrogens with zero attached hydrogens (tertiary/aromatic N) is 1. The highest BCUT2D eigenvalue weighted by Crippen LogP contribution is 2.23. The zero-order valence-corrected chi connectivity index (χ0v) is 10.8. The maximum atomic E-state index is 11.4. The first kappa shape index (κ1) is 13.8. The van der Waals surface area contributed by atoms with Crippen molar-refractivity contribution in [2.45, 2.75) is 19.2 Å². The Labute approximate surface area is 110 Å². The van der Waals surface area contributed by atoms with Gasteiger partial charge in [-0.3, -0.25) is 4.79 Å². The molecule has 3 nitrogen and oxygen atoms in total. The van der Waals surface area contributed by atoms with E-state index in [2.05, 4.69) is 0 Å². The number of halogens is 2. The third-order valence-corrected chi connectivity index (χ3v) is 2.79. The van der Waals surface area contributed by atoms with Crippen molar-refractivity contribution in [1.29, 1.82) is 5.26 Å². The molecule has 5 heteroatoms. The Morgan fingerprint density at radius 2 is 2.18 bits per heavy atom. The van der Waals surface area contributed by atoms with Gasteiger partial charge in [-0.05, 0) is 30.2 Å². The van der Waals surface area contributed by atoms with E-state index in [0.717, 1.165) is 5.56 Å². The van der Waals surface area contributed by atoms with Gasteiger partial charge in [0.1, 0.15) is 6.07 Å². The minimum absolute atomic E-state index is 0.112. The highest BCUT2D eigenvalue weighted by molar-refractivity contribution is 6.31. The monoisotopic (exact) mass is 271 g/mol. The number of hydrogen-bond donors (Lipinski definition) is 0. The summed E-state index contributed by atoms with van der Waals surface area (Å²) >= 11 is 11.7. The summed E-state index contributed by atoms with van der Waals surface area (Å²) < 4.78 is 4.85. The first-order valence-corrected chi connectivity index (χ1v) is 5.96. The van der Waals surface area contributed by atoms with E-state index in [1.54, 1.807) is 19.1 Å². The van der Waals surface area contributed by atoms with Crippen LogP contribution in [0.1, 0.15) is 23.6 Å². The second kappa shape index (κ2) is 6.48. The third kappa shape index (κ3) is 3.62. The number of carbonyl (C=O) groups is 1. The first-order chi connectivity index (χ1) is 8.12. The SMILES string of the molecule is CCOC(=O)Cc1cc(Cl)c(C#N)cc1CCl. The van der Waals surface area contributed by atoms with Crippen molar-refractivity contribution in [1.82, 2.24) is 0 Å². The van der Waals surface area contributed by atoms with E-state index in [-0.39, 0.29) is 18.3 Å². The Bertz CT molecular complexity index is 466. The lowest BCUT2D eigenvalue weighted by Crippen LogP contribution is -2.09. The molecule has 0 atom stereocenters. The van der Waals surface area contributed by atoms with Gasteiger partial charge in [-0.25, -0.2) is 0 Å². The van der Waals surface area contributed by atoms with Crippen molar-refractivity contribution < 1.29 is 9.53 Å². The van der Waals surface area contributed by atoms with E-state index >= 15 is 0 Å². The van der Waals surface area contributed by atoms with Gasteiger partial charge in [-0.15, -0.1) is 11.6 Å². The summed E-state index contributed by atoms with van der Waals surface area (Å²) in [7, 11) is 0. The Morgan fingerprint density at radius 1 is 1.47 bits per heavy atom. The lowest BCUT2D eigenvalue weighted by atomic mass is 10.0. The normalized spacial score (nSPS) is 9.76. The first-order valence-electron chi connectivity index (χ1n) is 5.05. The van der Waals surface area contributed by atoms with Crippen LogP contribution in [0.15, 0.2) is 12.1 Å². The van der Waals surface area contributed by atoms with Crippen molar-refractivity contribution in [3.8, 4) is 6.07 Å². The average molecular weight is 272 g/mol. The summed E-state index contributed by atoms with van der Waals surface area (Å²) in [5.41, 5.74) is 1.78. The zero-order chi connectivity index (χ0) is 12.8. The van der Waals surface area contributed by atoms with Gasteiger partial charge in [0, 0.05) is 5.88 Å². The zero-order valence-electron chi connectivity index (χ0n) is 9.30. The lowest BCUT2D eigenvalue weighted by Gasteiger charge is -2.08. The van der Waals surface area contributed by atoms with Gasteiger partial charge in [0.05, 0.1) is 23.6 Å². The molecular formula is C12H11Cl2NO2. The van der Waals surface area contributed by atoms with Crippen LogP contribution in [0, 0.1) is 11.3 Å². The molecule has 1 aromatic carbocycles. The van der Waals surface area contributed by atoms with Gasteiger partial charge < -0.3 is 4.74 Å². The molecule has 90 valence electrons. The highest BCUT2D eigenvalue weighted by Gasteiger charge is 2.12. The summed E-state index contributed by atoms with van der Waals surface area (Å²) in [5.74, 6) is -0.111. The van der Waals surface area contributed by atoms with Gasteiger partial charge in [-0.2, -0.15) is 5.26 Å². The Hall–Kier alpha value is -1.24. The van der Waals surface area contributed by atoms with Crippen molar-refractivity contribution in [3.05, 3.63) is 33.8 Å². The molecule has 0 aliphatic carbocycles. The molecule has 0 spiro atoms. The fraction of sp³-hybridized carbons (Fsp3) is 0.333. The van der Waals surface area contributed by atoms with Crippen molar-refractivity contribution in [2.24, 2.45) is 0 Å². The minimum Gasteiger partial charge on any atom is -0.466 e.